The van der Waals surface area contributed by atoms with Crippen molar-refractivity contribution in [3.05, 3.63) is 0 Å². The molecule has 0 aliphatic heterocycles. The lowest BCUT2D eigenvalue weighted by atomic mass is 9.68. The van der Waals surface area contributed by atoms with Gasteiger partial charge in [0.05, 0.1) is 0 Å². The Hall–Kier alpha value is 0. The van der Waals surface area contributed by atoms with Crippen molar-refractivity contribution in [3.8, 4) is 0 Å². The van der Waals surface area contributed by atoms with Gasteiger partial charge < -0.3 is 0 Å². The van der Waals surface area contributed by atoms with Crippen LogP contribution in [-0.4, -0.2) is 0 Å². The van der Waals surface area contributed by atoms with Crippen LogP contribution < -0.4 is 0 Å². The lowest BCUT2D eigenvalue weighted by Gasteiger charge is -2.38. The van der Waals surface area contributed by atoms with E-state index in [0.29, 0.717) is 0 Å². The molecule has 0 amide bonds. The summed E-state index contributed by atoms with van der Waals surface area (Å²) in [5.74, 6) is 4.40. The summed E-state index contributed by atoms with van der Waals surface area (Å²) in [5.41, 5.74) is 0. The fourth-order valence-corrected chi connectivity index (χ4v) is 5.97. The van der Waals surface area contributed by atoms with E-state index in [4.69, 9.17) is 0 Å². The molecule has 0 heteroatoms. The van der Waals surface area contributed by atoms with Crippen molar-refractivity contribution >= 4 is 0 Å². The van der Waals surface area contributed by atoms with E-state index in [9.17, 15) is 0 Å². The molecule has 0 radical (unpaired) electrons. The molecule has 2 aliphatic rings. The summed E-state index contributed by atoms with van der Waals surface area (Å²) in [6.45, 7) is 4.64. The first-order valence-corrected chi connectivity index (χ1v) is 12.8. The zero-order valence-corrected chi connectivity index (χ0v) is 18.5. The van der Waals surface area contributed by atoms with Gasteiger partial charge in [-0.1, -0.05) is 117 Å². The van der Waals surface area contributed by atoms with Crippen molar-refractivity contribution in [1.82, 2.24) is 0 Å². The van der Waals surface area contributed by atoms with Crippen molar-refractivity contribution in [2.75, 3.05) is 0 Å². The number of hydrogen-bond donors (Lipinski definition) is 0. The van der Waals surface area contributed by atoms with Gasteiger partial charge in [-0.15, -0.1) is 0 Å². The Labute approximate surface area is 166 Å². The Morgan fingerprint density at radius 2 is 0.769 bits per heavy atom. The van der Waals surface area contributed by atoms with E-state index >= 15 is 0 Å². The highest BCUT2D eigenvalue weighted by Crippen LogP contribution is 2.43. The summed E-state index contributed by atoms with van der Waals surface area (Å²) < 4.78 is 0. The third kappa shape index (κ3) is 8.79. The summed E-state index contributed by atoms with van der Waals surface area (Å²) in [6.07, 6.45) is 30.3. The fraction of sp³-hybridized carbons (Fsp3) is 1.00. The van der Waals surface area contributed by atoms with E-state index < -0.39 is 0 Å². The van der Waals surface area contributed by atoms with E-state index in [0.717, 1.165) is 23.7 Å². The Kier molecular flexibility index (Phi) is 12.1. The van der Waals surface area contributed by atoms with Crippen molar-refractivity contribution < 1.29 is 0 Å². The molecule has 0 aromatic heterocycles. The minimum absolute atomic E-state index is 1.09. The van der Waals surface area contributed by atoms with Crippen molar-refractivity contribution in [3.63, 3.8) is 0 Å². The Bertz CT molecular complexity index is 272. The van der Waals surface area contributed by atoms with Gasteiger partial charge in [0.2, 0.25) is 0 Å². The van der Waals surface area contributed by atoms with Gasteiger partial charge in [0.15, 0.2) is 0 Å². The van der Waals surface area contributed by atoms with Crippen LogP contribution in [0.3, 0.4) is 0 Å². The second kappa shape index (κ2) is 14.1. The molecule has 26 heavy (non-hydrogen) atoms. The van der Waals surface area contributed by atoms with Gasteiger partial charge in [0.25, 0.3) is 0 Å². The van der Waals surface area contributed by atoms with Gasteiger partial charge in [0.1, 0.15) is 0 Å². The summed E-state index contributed by atoms with van der Waals surface area (Å²) in [4.78, 5) is 0. The van der Waals surface area contributed by atoms with E-state index in [1.807, 2.05) is 0 Å². The molecule has 0 atom stereocenters. The van der Waals surface area contributed by atoms with Crippen LogP contribution in [-0.2, 0) is 0 Å². The average Bonchev–Trinajstić information content (AvgIpc) is 2.69. The standard InChI is InChI=1S/C26H50/c1-3-5-7-9-11-13-23-15-19-25(20-16-23)26-21-17-24(18-22-26)14-12-10-8-6-4-2/h23-26H,3-22H2,1-2H3. The SMILES string of the molecule is CCCCCCCC1CCC(C2CCC(CCCCCCC)CC2)CC1. The quantitative estimate of drug-likeness (QED) is 0.286. The lowest BCUT2D eigenvalue weighted by Crippen LogP contribution is -2.25. The highest BCUT2D eigenvalue weighted by Gasteiger charge is 2.30. The molecule has 154 valence electrons. The van der Waals surface area contributed by atoms with Gasteiger partial charge in [-0.05, 0) is 49.4 Å². The molecule has 0 heterocycles. The lowest BCUT2D eigenvalue weighted by molar-refractivity contribution is 0.139. The molecule has 0 bridgehead atoms. The first-order valence-electron chi connectivity index (χ1n) is 12.8. The predicted molar refractivity (Wildman–Crippen MR) is 118 cm³/mol. The van der Waals surface area contributed by atoms with Gasteiger partial charge in [0, 0.05) is 0 Å². The highest BCUT2D eigenvalue weighted by molar-refractivity contribution is 4.82. The maximum Gasteiger partial charge on any atom is -0.0386 e. The molecule has 0 N–H and O–H groups in total. The Morgan fingerprint density at radius 1 is 0.423 bits per heavy atom. The van der Waals surface area contributed by atoms with E-state index in [1.54, 1.807) is 64.2 Å². The van der Waals surface area contributed by atoms with Crippen LogP contribution >= 0.6 is 0 Å². The number of hydrogen-bond acceptors (Lipinski definition) is 0. The Morgan fingerprint density at radius 3 is 1.12 bits per heavy atom. The van der Waals surface area contributed by atoms with Crippen molar-refractivity contribution in [2.24, 2.45) is 23.7 Å². The average molecular weight is 363 g/mol. The number of rotatable bonds is 13. The van der Waals surface area contributed by atoms with Gasteiger partial charge >= 0.3 is 0 Å². The minimum Gasteiger partial charge on any atom is -0.0654 e. The van der Waals surface area contributed by atoms with Crippen LogP contribution in [0.15, 0.2) is 0 Å². The summed E-state index contributed by atoms with van der Waals surface area (Å²) in [6, 6.07) is 0. The van der Waals surface area contributed by atoms with E-state index in [-0.39, 0.29) is 0 Å². The van der Waals surface area contributed by atoms with E-state index in [1.165, 1.54) is 64.2 Å². The molecule has 0 spiro atoms. The maximum absolute atomic E-state index is 2.32. The highest BCUT2D eigenvalue weighted by atomic mass is 14.4. The first-order chi connectivity index (χ1) is 12.8. The monoisotopic (exact) mass is 362 g/mol. The van der Waals surface area contributed by atoms with Crippen LogP contribution in [0, 0.1) is 23.7 Å². The van der Waals surface area contributed by atoms with Crippen LogP contribution in [0.5, 0.6) is 0 Å². The van der Waals surface area contributed by atoms with Gasteiger partial charge in [-0.25, -0.2) is 0 Å². The molecule has 2 rings (SSSR count). The normalized spacial score (nSPS) is 29.8. The fourth-order valence-electron chi connectivity index (χ4n) is 5.97. The second-order valence-electron chi connectivity index (χ2n) is 9.97. The Balaban J connectivity index is 1.50. The molecule has 2 saturated carbocycles. The molecule has 0 saturated heterocycles. The van der Waals surface area contributed by atoms with E-state index in [2.05, 4.69) is 13.8 Å². The predicted octanol–water partition coefficient (Wildman–Crippen LogP) is 9.32. The van der Waals surface area contributed by atoms with Gasteiger partial charge in [-0.3, -0.25) is 0 Å². The third-order valence-corrected chi connectivity index (χ3v) is 7.88. The molecule has 0 aromatic carbocycles. The van der Waals surface area contributed by atoms with Crippen LogP contribution in [0.25, 0.3) is 0 Å². The molecule has 0 nitrogen and oxygen atoms in total. The zero-order valence-electron chi connectivity index (χ0n) is 18.5. The van der Waals surface area contributed by atoms with Crippen LogP contribution in [0.1, 0.15) is 142 Å². The molecular weight excluding hydrogens is 312 g/mol. The van der Waals surface area contributed by atoms with Crippen molar-refractivity contribution in [2.45, 2.75) is 142 Å². The molecule has 2 aliphatic carbocycles. The van der Waals surface area contributed by atoms with Crippen LogP contribution in [0.4, 0.5) is 0 Å². The minimum atomic E-state index is 1.09. The molecule has 0 aromatic rings. The second-order valence-corrected chi connectivity index (χ2v) is 9.97. The zero-order chi connectivity index (χ0) is 18.5. The first kappa shape index (κ1) is 22.3. The summed E-state index contributed by atoms with van der Waals surface area (Å²) in [7, 11) is 0. The van der Waals surface area contributed by atoms with Crippen molar-refractivity contribution in [1.29, 1.82) is 0 Å². The number of unbranched alkanes of at least 4 members (excludes halogenated alkanes) is 8. The molecule has 2 fully saturated rings. The van der Waals surface area contributed by atoms with Crippen LogP contribution in [0.2, 0.25) is 0 Å². The molecule has 0 unspecified atom stereocenters. The maximum atomic E-state index is 2.32. The largest absolute Gasteiger partial charge is 0.0654 e. The summed E-state index contributed by atoms with van der Waals surface area (Å²) in [5, 5.41) is 0. The smallest absolute Gasteiger partial charge is 0.0386 e. The molecular formula is C26H50. The topological polar surface area (TPSA) is 0 Å². The summed E-state index contributed by atoms with van der Waals surface area (Å²) >= 11 is 0. The van der Waals surface area contributed by atoms with Gasteiger partial charge in [-0.2, -0.15) is 0 Å². The third-order valence-electron chi connectivity index (χ3n) is 7.88.